The standard InChI is InChI=1S/C15H14ClN5O2/c1-8-12(16)9(2)21-15(17-8)19-14(20-21)18-13(22)10-5-4-6-11(7-10)23-3/h4-7H,1-3H3,(H,18,20,22). The predicted molar refractivity (Wildman–Crippen MR) is 86.2 cm³/mol. The van der Waals surface area contributed by atoms with Crippen molar-refractivity contribution in [3.05, 3.63) is 46.2 Å². The zero-order valence-electron chi connectivity index (χ0n) is 12.8. The number of fused-ring (bicyclic) bond motifs is 1. The topological polar surface area (TPSA) is 81.4 Å². The number of ether oxygens (including phenoxy) is 1. The van der Waals surface area contributed by atoms with E-state index in [1.165, 1.54) is 4.52 Å². The molecule has 2 aromatic heterocycles. The van der Waals surface area contributed by atoms with E-state index in [9.17, 15) is 4.79 Å². The molecule has 0 fully saturated rings. The Morgan fingerprint density at radius 1 is 1.30 bits per heavy atom. The minimum Gasteiger partial charge on any atom is -0.497 e. The Bertz CT molecular complexity index is 906. The van der Waals surface area contributed by atoms with Crippen LogP contribution in [-0.2, 0) is 0 Å². The highest BCUT2D eigenvalue weighted by Crippen LogP contribution is 2.20. The monoisotopic (exact) mass is 331 g/mol. The number of benzene rings is 1. The molecule has 1 amide bonds. The molecule has 1 aromatic carbocycles. The van der Waals surface area contributed by atoms with Crippen LogP contribution in [0.3, 0.4) is 0 Å². The van der Waals surface area contributed by atoms with Gasteiger partial charge in [-0.05, 0) is 32.0 Å². The Morgan fingerprint density at radius 3 is 2.83 bits per heavy atom. The van der Waals surface area contributed by atoms with Gasteiger partial charge in [0.05, 0.1) is 23.5 Å². The smallest absolute Gasteiger partial charge is 0.258 e. The van der Waals surface area contributed by atoms with Crippen LogP contribution < -0.4 is 10.1 Å². The minimum absolute atomic E-state index is 0.162. The van der Waals surface area contributed by atoms with E-state index in [1.807, 2.05) is 6.92 Å². The lowest BCUT2D eigenvalue weighted by atomic mass is 10.2. The molecule has 0 saturated carbocycles. The Balaban J connectivity index is 1.92. The number of anilines is 1. The van der Waals surface area contributed by atoms with Gasteiger partial charge in [-0.15, -0.1) is 5.10 Å². The Morgan fingerprint density at radius 2 is 2.09 bits per heavy atom. The Hall–Kier alpha value is -2.67. The average molecular weight is 332 g/mol. The first kappa shape index (κ1) is 15.2. The zero-order chi connectivity index (χ0) is 16.6. The molecule has 7 nitrogen and oxygen atoms in total. The van der Waals surface area contributed by atoms with Crippen LogP contribution in [0.25, 0.3) is 5.78 Å². The summed E-state index contributed by atoms with van der Waals surface area (Å²) in [7, 11) is 1.54. The lowest BCUT2D eigenvalue weighted by Gasteiger charge is -2.03. The summed E-state index contributed by atoms with van der Waals surface area (Å²) in [6, 6.07) is 6.81. The largest absolute Gasteiger partial charge is 0.497 e. The Labute approximate surface area is 137 Å². The molecule has 118 valence electrons. The number of carbonyl (C=O) groups is 1. The third-order valence-corrected chi connectivity index (χ3v) is 3.92. The number of hydrogen-bond acceptors (Lipinski definition) is 5. The molecule has 0 spiro atoms. The van der Waals surface area contributed by atoms with Gasteiger partial charge in [0.15, 0.2) is 0 Å². The van der Waals surface area contributed by atoms with E-state index in [1.54, 1.807) is 38.3 Å². The average Bonchev–Trinajstić information content (AvgIpc) is 2.95. The van der Waals surface area contributed by atoms with Gasteiger partial charge < -0.3 is 4.74 Å². The quantitative estimate of drug-likeness (QED) is 0.798. The third-order valence-electron chi connectivity index (χ3n) is 3.37. The van der Waals surface area contributed by atoms with Gasteiger partial charge in [-0.25, -0.2) is 4.98 Å². The second-order valence-electron chi connectivity index (χ2n) is 4.93. The maximum atomic E-state index is 12.3. The van der Waals surface area contributed by atoms with E-state index in [0.29, 0.717) is 33.5 Å². The number of carbonyl (C=O) groups excluding carboxylic acids is 1. The lowest BCUT2D eigenvalue weighted by molar-refractivity contribution is 0.102. The van der Waals surface area contributed by atoms with Gasteiger partial charge in [0, 0.05) is 5.56 Å². The molecule has 0 bridgehead atoms. The number of hydrogen-bond donors (Lipinski definition) is 1. The van der Waals surface area contributed by atoms with Crippen LogP contribution in [0, 0.1) is 13.8 Å². The molecule has 0 aliphatic carbocycles. The summed E-state index contributed by atoms with van der Waals surface area (Å²) in [5, 5.41) is 7.38. The Kier molecular flexibility index (Phi) is 3.87. The molecular formula is C15H14ClN5O2. The van der Waals surface area contributed by atoms with Crippen LogP contribution in [0.1, 0.15) is 21.7 Å². The molecule has 0 radical (unpaired) electrons. The van der Waals surface area contributed by atoms with Crippen molar-refractivity contribution in [2.45, 2.75) is 13.8 Å². The maximum absolute atomic E-state index is 12.3. The van der Waals surface area contributed by atoms with Crippen molar-refractivity contribution in [3.8, 4) is 5.75 Å². The van der Waals surface area contributed by atoms with Crippen LogP contribution in [0.15, 0.2) is 24.3 Å². The summed E-state index contributed by atoms with van der Waals surface area (Å²) in [6.45, 7) is 3.60. The summed E-state index contributed by atoms with van der Waals surface area (Å²) in [5.41, 5.74) is 1.82. The summed E-state index contributed by atoms with van der Waals surface area (Å²) in [4.78, 5) is 20.7. The van der Waals surface area contributed by atoms with E-state index in [2.05, 4.69) is 20.4 Å². The summed E-state index contributed by atoms with van der Waals surface area (Å²) in [6.07, 6.45) is 0. The van der Waals surface area contributed by atoms with Crippen molar-refractivity contribution in [1.29, 1.82) is 0 Å². The fourth-order valence-electron chi connectivity index (χ4n) is 2.15. The molecule has 0 atom stereocenters. The van der Waals surface area contributed by atoms with Crippen molar-refractivity contribution in [2.75, 3.05) is 12.4 Å². The number of amides is 1. The molecule has 0 unspecified atom stereocenters. The van der Waals surface area contributed by atoms with Crippen molar-refractivity contribution in [2.24, 2.45) is 0 Å². The molecule has 0 aliphatic heterocycles. The molecule has 1 N–H and O–H groups in total. The van der Waals surface area contributed by atoms with Gasteiger partial charge in [-0.2, -0.15) is 9.50 Å². The SMILES string of the molecule is COc1cccc(C(=O)Nc2nc3nc(C)c(Cl)c(C)n3n2)c1. The number of aryl methyl sites for hydroxylation is 2. The van der Waals surface area contributed by atoms with Crippen LogP contribution in [-0.4, -0.2) is 32.6 Å². The second kappa shape index (κ2) is 5.85. The number of methoxy groups -OCH3 is 1. The van der Waals surface area contributed by atoms with E-state index in [-0.39, 0.29) is 11.9 Å². The molecule has 2 heterocycles. The van der Waals surface area contributed by atoms with Crippen molar-refractivity contribution in [1.82, 2.24) is 19.6 Å². The van der Waals surface area contributed by atoms with Gasteiger partial charge in [0.2, 0.25) is 0 Å². The molecule has 3 aromatic rings. The molecule has 3 rings (SSSR count). The number of nitrogens with zero attached hydrogens (tertiary/aromatic N) is 4. The molecule has 8 heteroatoms. The van der Waals surface area contributed by atoms with Gasteiger partial charge in [0.1, 0.15) is 5.75 Å². The van der Waals surface area contributed by atoms with E-state index >= 15 is 0 Å². The van der Waals surface area contributed by atoms with Crippen LogP contribution in [0.2, 0.25) is 5.02 Å². The van der Waals surface area contributed by atoms with Gasteiger partial charge in [0.25, 0.3) is 17.6 Å². The van der Waals surface area contributed by atoms with Crippen LogP contribution >= 0.6 is 11.6 Å². The summed E-state index contributed by atoms with van der Waals surface area (Å²) in [5.74, 6) is 0.807. The zero-order valence-corrected chi connectivity index (χ0v) is 13.5. The van der Waals surface area contributed by atoms with Crippen molar-refractivity contribution >= 4 is 29.2 Å². The maximum Gasteiger partial charge on any atom is 0.258 e. The second-order valence-corrected chi connectivity index (χ2v) is 5.31. The third kappa shape index (κ3) is 2.83. The highest BCUT2D eigenvalue weighted by atomic mass is 35.5. The van der Waals surface area contributed by atoms with Gasteiger partial charge in [-0.1, -0.05) is 17.7 Å². The van der Waals surface area contributed by atoms with Gasteiger partial charge in [-0.3, -0.25) is 10.1 Å². The van der Waals surface area contributed by atoms with E-state index in [4.69, 9.17) is 16.3 Å². The number of aromatic nitrogens is 4. The predicted octanol–water partition coefficient (Wildman–Crippen LogP) is 2.66. The molecule has 23 heavy (non-hydrogen) atoms. The molecular weight excluding hydrogens is 318 g/mol. The van der Waals surface area contributed by atoms with Crippen molar-refractivity contribution < 1.29 is 9.53 Å². The highest BCUT2D eigenvalue weighted by molar-refractivity contribution is 6.31. The van der Waals surface area contributed by atoms with Crippen LogP contribution in [0.5, 0.6) is 5.75 Å². The molecule has 0 aliphatic rings. The number of rotatable bonds is 3. The molecule has 0 saturated heterocycles. The number of nitrogens with one attached hydrogen (secondary N) is 1. The first-order valence-corrected chi connectivity index (χ1v) is 7.22. The fourth-order valence-corrected chi connectivity index (χ4v) is 2.27. The normalized spacial score (nSPS) is 10.8. The summed E-state index contributed by atoms with van der Waals surface area (Å²) >= 11 is 6.15. The highest BCUT2D eigenvalue weighted by Gasteiger charge is 2.14. The van der Waals surface area contributed by atoms with Crippen molar-refractivity contribution in [3.63, 3.8) is 0 Å². The minimum atomic E-state index is -0.333. The first-order valence-electron chi connectivity index (χ1n) is 6.84. The van der Waals surface area contributed by atoms with E-state index < -0.39 is 0 Å². The summed E-state index contributed by atoms with van der Waals surface area (Å²) < 4.78 is 6.60. The lowest BCUT2D eigenvalue weighted by Crippen LogP contribution is -2.13. The first-order chi connectivity index (χ1) is 11.0. The fraction of sp³-hybridized carbons (Fsp3) is 0.200. The van der Waals surface area contributed by atoms with E-state index in [0.717, 1.165) is 0 Å². The van der Waals surface area contributed by atoms with Gasteiger partial charge >= 0.3 is 0 Å². The van der Waals surface area contributed by atoms with Crippen LogP contribution in [0.4, 0.5) is 5.95 Å². The number of halogens is 1.